The van der Waals surface area contributed by atoms with Crippen LogP contribution in [0.1, 0.15) is 36.2 Å². The first-order valence-electron chi connectivity index (χ1n) is 6.81. The van der Waals surface area contributed by atoms with E-state index >= 15 is 0 Å². The van der Waals surface area contributed by atoms with Gasteiger partial charge in [-0.25, -0.2) is 0 Å². The van der Waals surface area contributed by atoms with Gasteiger partial charge in [-0.2, -0.15) is 0 Å². The minimum Gasteiger partial charge on any atom is -0.395 e. The highest BCUT2D eigenvalue weighted by Gasteiger charge is 2.11. The lowest BCUT2D eigenvalue weighted by molar-refractivity contribution is -0.120. The Bertz CT molecular complexity index is 556. The van der Waals surface area contributed by atoms with E-state index in [0.29, 0.717) is 17.5 Å². The zero-order valence-corrected chi connectivity index (χ0v) is 12.3. The molecule has 0 bridgehead atoms. The molecule has 1 aromatic carbocycles. The second-order valence-electron chi connectivity index (χ2n) is 4.73. The molecule has 0 aliphatic heterocycles. The highest BCUT2D eigenvalue weighted by Crippen LogP contribution is 2.07. The molecule has 0 saturated heterocycles. The molecule has 0 aromatic heterocycles. The smallest absolute Gasteiger partial charge is 0.252 e. The van der Waals surface area contributed by atoms with Gasteiger partial charge in [0.15, 0.2) is 0 Å². The van der Waals surface area contributed by atoms with Gasteiger partial charge in [0.1, 0.15) is 0 Å². The van der Waals surface area contributed by atoms with Crippen LogP contribution < -0.4 is 10.6 Å². The Balaban J connectivity index is 2.70. The van der Waals surface area contributed by atoms with E-state index in [1.165, 1.54) is 0 Å². The fourth-order valence-electron chi connectivity index (χ4n) is 1.63. The van der Waals surface area contributed by atoms with Crippen molar-refractivity contribution < 1.29 is 14.7 Å². The van der Waals surface area contributed by atoms with Gasteiger partial charge in [0.05, 0.1) is 18.7 Å². The number of carbonyl (C=O) groups is 2. The van der Waals surface area contributed by atoms with Crippen LogP contribution in [0.2, 0.25) is 0 Å². The predicted molar refractivity (Wildman–Crippen MR) is 80.6 cm³/mol. The fourth-order valence-corrected chi connectivity index (χ4v) is 1.63. The van der Waals surface area contributed by atoms with E-state index in [4.69, 9.17) is 5.11 Å². The SMILES string of the molecule is CC(C)NC(=O)CNC(=O)c1ccccc1C#CCCO. The van der Waals surface area contributed by atoms with E-state index < -0.39 is 0 Å². The van der Waals surface area contributed by atoms with E-state index in [-0.39, 0.29) is 31.0 Å². The number of rotatable bonds is 5. The second-order valence-corrected chi connectivity index (χ2v) is 4.73. The molecule has 1 aromatic rings. The van der Waals surface area contributed by atoms with Gasteiger partial charge in [0.25, 0.3) is 5.91 Å². The maximum absolute atomic E-state index is 12.1. The van der Waals surface area contributed by atoms with Crippen molar-refractivity contribution in [1.82, 2.24) is 10.6 Å². The minimum atomic E-state index is -0.345. The molecule has 1 rings (SSSR count). The van der Waals surface area contributed by atoms with Gasteiger partial charge < -0.3 is 15.7 Å². The normalized spacial score (nSPS) is 9.71. The summed E-state index contributed by atoms with van der Waals surface area (Å²) in [6, 6.07) is 6.93. The lowest BCUT2D eigenvalue weighted by Gasteiger charge is -2.10. The summed E-state index contributed by atoms with van der Waals surface area (Å²) in [5.41, 5.74) is 0.994. The van der Waals surface area contributed by atoms with Crippen molar-refractivity contribution in [2.24, 2.45) is 0 Å². The first-order valence-corrected chi connectivity index (χ1v) is 6.81. The molecular weight excluding hydrogens is 268 g/mol. The van der Waals surface area contributed by atoms with Gasteiger partial charge in [-0.05, 0) is 26.0 Å². The van der Waals surface area contributed by atoms with Crippen molar-refractivity contribution in [1.29, 1.82) is 0 Å². The molecule has 0 radical (unpaired) electrons. The Morgan fingerprint density at radius 1 is 1.29 bits per heavy atom. The average Bonchev–Trinajstić information content (AvgIpc) is 2.45. The Morgan fingerprint density at radius 3 is 2.67 bits per heavy atom. The van der Waals surface area contributed by atoms with Crippen LogP contribution in [0.3, 0.4) is 0 Å². The molecule has 0 fully saturated rings. The number of nitrogens with one attached hydrogen (secondary N) is 2. The van der Waals surface area contributed by atoms with Crippen LogP contribution in [0.5, 0.6) is 0 Å². The summed E-state index contributed by atoms with van der Waals surface area (Å²) in [7, 11) is 0. The fraction of sp³-hybridized carbons (Fsp3) is 0.375. The summed E-state index contributed by atoms with van der Waals surface area (Å²) in [6.45, 7) is 3.61. The third kappa shape index (κ3) is 6.11. The van der Waals surface area contributed by atoms with Crippen molar-refractivity contribution >= 4 is 11.8 Å². The summed E-state index contributed by atoms with van der Waals surface area (Å²) in [5.74, 6) is 5.04. The second kappa shape index (κ2) is 8.77. The van der Waals surface area contributed by atoms with Crippen molar-refractivity contribution in [2.45, 2.75) is 26.3 Å². The van der Waals surface area contributed by atoms with Crippen LogP contribution in [0, 0.1) is 11.8 Å². The summed E-state index contributed by atoms with van der Waals surface area (Å²) in [4.78, 5) is 23.6. The zero-order valence-electron chi connectivity index (χ0n) is 12.3. The van der Waals surface area contributed by atoms with Gasteiger partial charge in [0, 0.05) is 18.0 Å². The molecule has 2 amide bonds. The zero-order chi connectivity index (χ0) is 15.7. The van der Waals surface area contributed by atoms with Gasteiger partial charge in [-0.15, -0.1) is 0 Å². The third-order valence-corrected chi connectivity index (χ3v) is 2.49. The van der Waals surface area contributed by atoms with Crippen LogP contribution in [0.4, 0.5) is 0 Å². The summed E-state index contributed by atoms with van der Waals surface area (Å²) in [5, 5.41) is 14.0. The number of aliphatic hydroxyl groups excluding tert-OH is 1. The Kier molecular flexibility index (Phi) is 6.99. The summed E-state index contributed by atoms with van der Waals surface area (Å²) in [6.07, 6.45) is 0.354. The van der Waals surface area contributed by atoms with Gasteiger partial charge in [-0.1, -0.05) is 24.0 Å². The molecule has 0 aliphatic carbocycles. The van der Waals surface area contributed by atoms with E-state index in [2.05, 4.69) is 22.5 Å². The van der Waals surface area contributed by atoms with Crippen molar-refractivity contribution in [3.05, 3.63) is 35.4 Å². The van der Waals surface area contributed by atoms with Gasteiger partial charge in [-0.3, -0.25) is 9.59 Å². The van der Waals surface area contributed by atoms with Crippen LogP contribution in [0.15, 0.2) is 24.3 Å². The molecule has 3 N–H and O–H groups in total. The quantitative estimate of drug-likeness (QED) is 0.697. The topological polar surface area (TPSA) is 78.4 Å². The first-order chi connectivity index (χ1) is 10.0. The maximum Gasteiger partial charge on any atom is 0.252 e. The summed E-state index contributed by atoms with van der Waals surface area (Å²) >= 11 is 0. The highest BCUT2D eigenvalue weighted by atomic mass is 16.2. The van der Waals surface area contributed by atoms with Crippen molar-refractivity contribution in [2.75, 3.05) is 13.2 Å². The molecule has 5 nitrogen and oxygen atoms in total. The molecule has 0 saturated carbocycles. The van der Waals surface area contributed by atoms with Crippen molar-refractivity contribution in [3.63, 3.8) is 0 Å². The maximum atomic E-state index is 12.1. The largest absolute Gasteiger partial charge is 0.395 e. The van der Waals surface area contributed by atoms with Crippen LogP contribution in [-0.4, -0.2) is 36.1 Å². The van der Waals surface area contributed by atoms with E-state index in [9.17, 15) is 9.59 Å². The minimum absolute atomic E-state index is 0.0171. The molecule has 112 valence electrons. The van der Waals surface area contributed by atoms with Crippen LogP contribution in [0.25, 0.3) is 0 Å². The molecule has 0 heterocycles. The van der Waals surface area contributed by atoms with Gasteiger partial charge in [0.2, 0.25) is 5.91 Å². The highest BCUT2D eigenvalue weighted by molar-refractivity contribution is 5.98. The molecule has 0 spiro atoms. The third-order valence-electron chi connectivity index (χ3n) is 2.49. The van der Waals surface area contributed by atoms with Gasteiger partial charge >= 0.3 is 0 Å². The number of hydrogen-bond acceptors (Lipinski definition) is 3. The van der Waals surface area contributed by atoms with Crippen LogP contribution >= 0.6 is 0 Å². The Hall–Kier alpha value is -2.32. The number of carbonyl (C=O) groups excluding carboxylic acids is 2. The standard InChI is InChI=1S/C16H20N2O3/c1-12(2)18-15(20)11-17-16(21)14-9-4-3-7-13(14)8-5-6-10-19/h3-4,7,9,12,19H,6,10-11H2,1-2H3,(H,17,21)(H,18,20). The Labute approximate surface area is 124 Å². The first kappa shape index (κ1) is 16.7. The van der Waals surface area contributed by atoms with E-state index in [1.807, 2.05) is 13.8 Å². The number of benzene rings is 1. The van der Waals surface area contributed by atoms with Crippen molar-refractivity contribution in [3.8, 4) is 11.8 Å². The van der Waals surface area contributed by atoms with E-state index in [0.717, 1.165) is 0 Å². The molecule has 0 unspecified atom stereocenters. The average molecular weight is 288 g/mol. The Morgan fingerprint density at radius 2 is 2.00 bits per heavy atom. The van der Waals surface area contributed by atoms with Crippen LogP contribution in [-0.2, 0) is 4.79 Å². The number of amides is 2. The lowest BCUT2D eigenvalue weighted by Crippen LogP contribution is -2.39. The lowest BCUT2D eigenvalue weighted by atomic mass is 10.1. The monoisotopic (exact) mass is 288 g/mol. The molecule has 21 heavy (non-hydrogen) atoms. The molecule has 5 heteroatoms. The van der Waals surface area contributed by atoms with E-state index in [1.54, 1.807) is 24.3 Å². The predicted octanol–water partition coefficient (Wildman–Crippen LogP) is 0.675. The molecule has 0 atom stereocenters. The molecule has 0 aliphatic rings. The number of aliphatic hydroxyl groups is 1. The molecular formula is C16H20N2O3. The number of hydrogen-bond donors (Lipinski definition) is 3. The summed E-state index contributed by atoms with van der Waals surface area (Å²) < 4.78 is 0.